The zero-order chi connectivity index (χ0) is 14.7. The second-order valence-electron chi connectivity index (χ2n) is 6.42. The summed E-state index contributed by atoms with van der Waals surface area (Å²) < 4.78 is 2.21. The molecule has 116 valence electrons. The van der Waals surface area contributed by atoms with E-state index in [0.29, 0.717) is 12.0 Å². The summed E-state index contributed by atoms with van der Waals surface area (Å²) in [7, 11) is 0. The van der Waals surface area contributed by atoms with Crippen LogP contribution in [0.3, 0.4) is 0 Å². The standard InChI is InChI=1S/C17H27N3O/c1-2-19(13-14-8-10-18-11-9-14)17(21)16-7-4-12-20(16)15-5-3-6-15/h4,7,12,14-15,18H,2-3,5-6,8-11,13H2,1H3. The van der Waals surface area contributed by atoms with Crippen molar-refractivity contribution in [1.29, 1.82) is 0 Å². The van der Waals surface area contributed by atoms with Gasteiger partial charge < -0.3 is 14.8 Å². The molecule has 0 spiro atoms. The maximum absolute atomic E-state index is 12.9. The highest BCUT2D eigenvalue weighted by Gasteiger charge is 2.26. The van der Waals surface area contributed by atoms with E-state index in [0.717, 1.165) is 31.9 Å². The van der Waals surface area contributed by atoms with Crippen LogP contribution in [-0.4, -0.2) is 41.6 Å². The van der Waals surface area contributed by atoms with E-state index < -0.39 is 0 Å². The Bertz CT molecular complexity index is 472. The van der Waals surface area contributed by atoms with Crippen molar-refractivity contribution in [3.63, 3.8) is 0 Å². The molecule has 1 saturated carbocycles. The number of piperidine rings is 1. The van der Waals surface area contributed by atoms with E-state index in [1.165, 1.54) is 32.1 Å². The molecule has 1 aliphatic heterocycles. The van der Waals surface area contributed by atoms with Crippen molar-refractivity contribution in [3.8, 4) is 0 Å². The third kappa shape index (κ3) is 3.15. The summed E-state index contributed by atoms with van der Waals surface area (Å²) in [5.74, 6) is 0.871. The molecule has 3 rings (SSSR count). The van der Waals surface area contributed by atoms with Crippen LogP contribution >= 0.6 is 0 Å². The number of rotatable bonds is 5. The van der Waals surface area contributed by atoms with Crippen LogP contribution in [0.15, 0.2) is 18.3 Å². The van der Waals surface area contributed by atoms with Gasteiger partial charge in [-0.1, -0.05) is 0 Å². The Hall–Kier alpha value is -1.29. The third-order valence-corrected chi connectivity index (χ3v) is 5.07. The lowest BCUT2D eigenvalue weighted by molar-refractivity contribution is 0.0710. The molecule has 0 aromatic carbocycles. The minimum absolute atomic E-state index is 0.216. The van der Waals surface area contributed by atoms with Crippen molar-refractivity contribution < 1.29 is 4.79 Å². The van der Waals surface area contributed by atoms with Gasteiger partial charge in [0.05, 0.1) is 0 Å². The van der Waals surface area contributed by atoms with Gasteiger partial charge in [0.1, 0.15) is 5.69 Å². The zero-order valence-corrected chi connectivity index (χ0v) is 13.1. The first-order valence-electron chi connectivity index (χ1n) is 8.46. The van der Waals surface area contributed by atoms with Gasteiger partial charge >= 0.3 is 0 Å². The molecule has 1 saturated heterocycles. The highest BCUT2D eigenvalue weighted by atomic mass is 16.2. The zero-order valence-electron chi connectivity index (χ0n) is 13.1. The Morgan fingerprint density at radius 3 is 2.71 bits per heavy atom. The lowest BCUT2D eigenvalue weighted by atomic mass is 9.92. The topological polar surface area (TPSA) is 37.3 Å². The van der Waals surface area contributed by atoms with Crippen LogP contribution in [0.1, 0.15) is 55.6 Å². The van der Waals surface area contributed by atoms with Crippen LogP contribution in [-0.2, 0) is 0 Å². The minimum Gasteiger partial charge on any atom is -0.340 e. The van der Waals surface area contributed by atoms with Gasteiger partial charge in [-0.15, -0.1) is 0 Å². The summed E-state index contributed by atoms with van der Waals surface area (Å²) in [6, 6.07) is 4.56. The summed E-state index contributed by atoms with van der Waals surface area (Å²) in [5.41, 5.74) is 0.885. The van der Waals surface area contributed by atoms with E-state index in [9.17, 15) is 4.79 Å². The molecule has 21 heavy (non-hydrogen) atoms. The first kappa shape index (κ1) is 14.6. The molecule has 4 heteroatoms. The minimum atomic E-state index is 0.216. The lowest BCUT2D eigenvalue weighted by Crippen LogP contribution is -2.40. The fourth-order valence-electron chi connectivity index (χ4n) is 3.45. The van der Waals surface area contributed by atoms with Crippen molar-refractivity contribution in [3.05, 3.63) is 24.0 Å². The number of carbonyl (C=O) groups is 1. The van der Waals surface area contributed by atoms with Gasteiger partial charge in [0.2, 0.25) is 0 Å². The van der Waals surface area contributed by atoms with Crippen molar-refractivity contribution >= 4 is 5.91 Å². The number of amides is 1. The molecule has 1 aliphatic carbocycles. The first-order chi connectivity index (χ1) is 10.3. The van der Waals surface area contributed by atoms with E-state index in [2.05, 4.69) is 23.0 Å². The highest BCUT2D eigenvalue weighted by molar-refractivity contribution is 5.92. The predicted molar refractivity (Wildman–Crippen MR) is 84.5 cm³/mol. The molecule has 0 radical (unpaired) electrons. The summed E-state index contributed by atoms with van der Waals surface area (Å²) in [6.07, 6.45) is 8.18. The van der Waals surface area contributed by atoms with E-state index in [-0.39, 0.29) is 5.91 Å². The van der Waals surface area contributed by atoms with Gasteiger partial charge in [-0.25, -0.2) is 0 Å². The summed E-state index contributed by atoms with van der Waals surface area (Å²) in [5, 5.41) is 3.39. The molecule has 1 amide bonds. The molecule has 1 N–H and O–H groups in total. The summed E-state index contributed by atoms with van der Waals surface area (Å²) >= 11 is 0. The molecule has 0 atom stereocenters. The van der Waals surface area contributed by atoms with E-state index in [1.54, 1.807) is 0 Å². The number of nitrogens with zero attached hydrogens (tertiary/aromatic N) is 2. The van der Waals surface area contributed by atoms with Crippen LogP contribution < -0.4 is 5.32 Å². The number of nitrogens with one attached hydrogen (secondary N) is 1. The molecule has 4 nitrogen and oxygen atoms in total. The van der Waals surface area contributed by atoms with Gasteiger partial charge in [0.25, 0.3) is 5.91 Å². The number of hydrogen-bond donors (Lipinski definition) is 1. The Balaban J connectivity index is 1.68. The van der Waals surface area contributed by atoms with Crippen molar-refractivity contribution in [1.82, 2.24) is 14.8 Å². The van der Waals surface area contributed by atoms with Crippen molar-refractivity contribution in [2.24, 2.45) is 5.92 Å². The van der Waals surface area contributed by atoms with Crippen LogP contribution in [0.25, 0.3) is 0 Å². The van der Waals surface area contributed by atoms with E-state index >= 15 is 0 Å². The smallest absolute Gasteiger partial charge is 0.270 e. The Morgan fingerprint density at radius 2 is 2.10 bits per heavy atom. The summed E-state index contributed by atoms with van der Waals surface area (Å²) in [4.78, 5) is 14.9. The van der Waals surface area contributed by atoms with Gasteiger partial charge in [-0.2, -0.15) is 0 Å². The molecular formula is C17H27N3O. The first-order valence-corrected chi connectivity index (χ1v) is 8.46. The van der Waals surface area contributed by atoms with Gasteiger partial charge in [0, 0.05) is 25.3 Å². The largest absolute Gasteiger partial charge is 0.340 e. The van der Waals surface area contributed by atoms with E-state index in [4.69, 9.17) is 0 Å². The second-order valence-corrected chi connectivity index (χ2v) is 6.42. The van der Waals surface area contributed by atoms with Crippen LogP contribution in [0.2, 0.25) is 0 Å². The average molecular weight is 289 g/mol. The Morgan fingerprint density at radius 1 is 1.33 bits per heavy atom. The molecule has 2 heterocycles. The van der Waals surface area contributed by atoms with E-state index in [1.807, 2.05) is 17.0 Å². The molecule has 0 bridgehead atoms. The van der Waals surface area contributed by atoms with Gasteiger partial charge in [0.15, 0.2) is 0 Å². The molecule has 2 aliphatic rings. The molecule has 1 aromatic rings. The molecule has 0 unspecified atom stereocenters. The normalized spacial score (nSPS) is 20.2. The predicted octanol–water partition coefficient (Wildman–Crippen LogP) is 2.67. The number of carbonyl (C=O) groups excluding carboxylic acids is 1. The van der Waals surface area contributed by atoms with Crippen molar-refractivity contribution in [2.45, 2.75) is 45.1 Å². The second kappa shape index (κ2) is 6.65. The van der Waals surface area contributed by atoms with Gasteiger partial charge in [-0.05, 0) is 70.2 Å². The van der Waals surface area contributed by atoms with Gasteiger partial charge in [-0.3, -0.25) is 4.79 Å². The maximum atomic E-state index is 12.9. The SMILES string of the molecule is CCN(CC1CCNCC1)C(=O)c1cccn1C1CCC1. The monoisotopic (exact) mass is 289 g/mol. The third-order valence-electron chi connectivity index (χ3n) is 5.07. The van der Waals surface area contributed by atoms with Crippen molar-refractivity contribution in [2.75, 3.05) is 26.2 Å². The fraction of sp³-hybridized carbons (Fsp3) is 0.706. The average Bonchev–Trinajstić information content (AvgIpc) is 2.92. The van der Waals surface area contributed by atoms with Crippen LogP contribution in [0, 0.1) is 5.92 Å². The lowest BCUT2D eigenvalue weighted by Gasteiger charge is -2.32. The van der Waals surface area contributed by atoms with Crippen LogP contribution in [0.5, 0.6) is 0 Å². The summed E-state index contributed by atoms with van der Waals surface area (Å²) in [6.45, 7) is 5.99. The Kier molecular flexibility index (Phi) is 4.63. The molecular weight excluding hydrogens is 262 g/mol. The fourth-order valence-corrected chi connectivity index (χ4v) is 3.45. The molecule has 1 aromatic heterocycles. The van der Waals surface area contributed by atoms with Crippen LogP contribution in [0.4, 0.5) is 0 Å². The maximum Gasteiger partial charge on any atom is 0.270 e. The molecule has 2 fully saturated rings. The quantitative estimate of drug-likeness (QED) is 0.905. The highest BCUT2D eigenvalue weighted by Crippen LogP contribution is 2.33. The number of hydrogen-bond acceptors (Lipinski definition) is 2. The number of aromatic nitrogens is 1. The Labute approximate surface area is 127 Å².